The summed E-state index contributed by atoms with van der Waals surface area (Å²) in [4.78, 5) is 72.4. The van der Waals surface area contributed by atoms with E-state index in [9.17, 15) is 29.2 Å². The van der Waals surface area contributed by atoms with Crippen LogP contribution in [0.4, 0.5) is 11.4 Å². The largest absolute Gasteiger partial charge is 0.489 e. The van der Waals surface area contributed by atoms with Crippen LogP contribution in [0.2, 0.25) is 5.02 Å². The fraction of sp³-hybridized carbons (Fsp3) is 0.467. The van der Waals surface area contributed by atoms with Gasteiger partial charge in [0, 0.05) is 91.1 Å². The van der Waals surface area contributed by atoms with Gasteiger partial charge in [0.25, 0.3) is 17.7 Å². The molecule has 13 nitrogen and oxygen atoms in total. The molecule has 1 saturated carbocycles. The average Bonchev–Trinajstić information content (AvgIpc) is 3.48. The Kier molecular flexibility index (Phi) is 10.5. The van der Waals surface area contributed by atoms with Gasteiger partial charge in [-0.25, -0.2) is 0 Å². The molecule has 4 fully saturated rings. The number of nitrogens with zero attached hydrogens (tertiary/aromatic N) is 5. The second kappa shape index (κ2) is 15.3. The number of hydrogen-bond donors (Lipinski definition) is 2. The second-order valence-electron chi connectivity index (χ2n) is 17.7. The summed E-state index contributed by atoms with van der Waals surface area (Å²) in [5.41, 5.74) is 3.58. The first-order valence-corrected chi connectivity index (χ1v) is 20.8. The van der Waals surface area contributed by atoms with E-state index in [1.165, 1.54) is 0 Å². The SMILES string of the molecule is Cc1c(O[C@H]2C(C)(C)[C@H](NC(=O)c3ccc(N4CCN(C5CCN(c6ccc7c(c6)C(=O)N(C6CCC(=O)NC6=O)C7=O)CC5)CC4)cc3)C2(C)C)ccc(C#N)c1Cl. The zero-order valence-corrected chi connectivity index (χ0v) is 34.9. The third-order valence-corrected chi connectivity index (χ3v) is 13.9. The monoisotopic (exact) mass is 819 g/mol. The molecule has 0 aromatic heterocycles. The molecule has 1 aliphatic carbocycles. The maximum absolute atomic E-state index is 13.6. The van der Waals surface area contributed by atoms with E-state index in [0.717, 1.165) is 73.9 Å². The number of ether oxygens (including phenoxy) is 1. The number of halogens is 1. The molecule has 14 heteroatoms. The number of hydrogen-bond acceptors (Lipinski definition) is 10. The van der Waals surface area contributed by atoms with Gasteiger partial charge in [-0.15, -0.1) is 0 Å². The van der Waals surface area contributed by atoms with Gasteiger partial charge >= 0.3 is 0 Å². The minimum atomic E-state index is -0.979. The molecule has 1 atom stereocenters. The molecular weight excluding hydrogens is 770 g/mol. The molecule has 2 N–H and O–H groups in total. The predicted octanol–water partition coefficient (Wildman–Crippen LogP) is 5.32. The molecule has 8 rings (SSSR count). The maximum atomic E-state index is 13.6. The van der Waals surface area contributed by atoms with Crippen LogP contribution in [0.1, 0.15) is 95.6 Å². The van der Waals surface area contributed by atoms with Crippen molar-refractivity contribution in [1.82, 2.24) is 20.4 Å². The third-order valence-electron chi connectivity index (χ3n) is 13.4. The second-order valence-corrected chi connectivity index (χ2v) is 18.1. The summed E-state index contributed by atoms with van der Waals surface area (Å²) < 4.78 is 6.51. The van der Waals surface area contributed by atoms with Crippen LogP contribution >= 0.6 is 11.6 Å². The van der Waals surface area contributed by atoms with Gasteiger partial charge in [-0.05, 0) is 80.8 Å². The van der Waals surface area contributed by atoms with Gasteiger partial charge in [0.15, 0.2) is 0 Å². The zero-order valence-electron chi connectivity index (χ0n) is 34.1. The average molecular weight is 820 g/mol. The van der Waals surface area contributed by atoms with E-state index in [1.807, 2.05) is 37.3 Å². The standard InChI is InChI=1S/C45H50ClN7O6/c1-26-35(14-8-28(25-47)37(26)46)59-43-44(2,3)42(45(43,4)5)49-38(55)27-6-9-29(10-7-27)51-20-22-52(23-21-51)30-16-18-50(19-17-30)31-11-12-32-33(24-31)41(58)53(40(32)57)34-13-15-36(54)48-39(34)56/h6-12,14,24,30,34,42-43H,13,15-23H2,1-5H3,(H,49,55)(H,48,54,56)/t34?,42-,43-. The van der Waals surface area contributed by atoms with Crippen LogP contribution in [0, 0.1) is 29.1 Å². The highest BCUT2D eigenvalue weighted by atomic mass is 35.5. The van der Waals surface area contributed by atoms with Crippen LogP contribution in [-0.4, -0.2) is 103 Å². The first-order chi connectivity index (χ1) is 28.1. The van der Waals surface area contributed by atoms with E-state index < -0.39 is 29.7 Å². The molecule has 5 amide bonds. The molecule has 4 aliphatic heterocycles. The minimum Gasteiger partial charge on any atom is -0.489 e. The fourth-order valence-electron chi connectivity index (χ4n) is 10.3. The number of fused-ring (bicyclic) bond motifs is 1. The number of amides is 5. The van der Waals surface area contributed by atoms with E-state index in [1.54, 1.807) is 24.3 Å². The van der Waals surface area contributed by atoms with Crippen molar-refractivity contribution in [3.63, 3.8) is 0 Å². The first kappa shape index (κ1) is 40.3. The lowest BCUT2D eigenvalue weighted by Crippen LogP contribution is -2.74. The lowest BCUT2D eigenvalue weighted by atomic mass is 9.49. The zero-order chi connectivity index (χ0) is 42.0. The molecule has 59 heavy (non-hydrogen) atoms. The highest BCUT2D eigenvalue weighted by Crippen LogP contribution is 2.56. The van der Waals surface area contributed by atoms with Crippen molar-refractivity contribution in [1.29, 1.82) is 5.26 Å². The Labute approximate surface area is 349 Å². The number of imide groups is 2. The maximum Gasteiger partial charge on any atom is 0.262 e. The van der Waals surface area contributed by atoms with Crippen LogP contribution in [0.25, 0.3) is 0 Å². The van der Waals surface area contributed by atoms with E-state index in [-0.39, 0.29) is 41.7 Å². The Balaban J connectivity index is 0.815. The summed E-state index contributed by atoms with van der Waals surface area (Å²) in [6.45, 7) is 15.5. The number of carbonyl (C=O) groups excluding carboxylic acids is 5. The van der Waals surface area contributed by atoms with Crippen LogP contribution in [0.3, 0.4) is 0 Å². The summed E-state index contributed by atoms with van der Waals surface area (Å²) >= 11 is 6.42. The Bertz CT molecular complexity index is 2250. The number of rotatable bonds is 8. The van der Waals surface area contributed by atoms with Gasteiger partial charge < -0.3 is 19.9 Å². The number of anilines is 2. The Morgan fingerprint density at radius 3 is 2.10 bits per heavy atom. The Hall–Kier alpha value is -5.45. The Morgan fingerprint density at radius 2 is 1.46 bits per heavy atom. The van der Waals surface area contributed by atoms with Crippen molar-refractivity contribution in [2.75, 3.05) is 49.1 Å². The summed E-state index contributed by atoms with van der Waals surface area (Å²) in [6, 6.07) is 18.1. The minimum absolute atomic E-state index is 0.0877. The van der Waals surface area contributed by atoms with Gasteiger partial charge in [-0.2, -0.15) is 5.26 Å². The van der Waals surface area contributed by atoms with Crippen molar-refractivity contribution < 1.29 is 28.7 Å². The van der Waals surface area contributed by atoms with Gasteiger partial charge in [-0.1, -0.05) is 39.3 Å². The molecule has 1 unspecified atom stereocenters. The van der Waals surface area contributed by atoms with Gasteiger partial charge in [0.1, 0.15) is 24.0 Å². The van der Waals surface area contributed by atoms with E-state index in [2.05, 4.69) is 59.1 Å². The highest BCUT2D eigenvalue weighted by molar-refractivity contribution is 6.32. The molecule has 308 valence electrons. The normalized spacial score (nSPS) is 24.3. The van der Waals surface area contributed by atoms with Crippen LogP contribution in [0.5, 0.6) is 5.75 Å². The van der Waals surface area contributed by atoms with Crippen molar-refractivity contribution in [2.24, 2.45) is 10.8 Å². The molecule has 3 aromatic rings. The van der Waals surface area contributed by atoms with Crippen molar-refractivity contribution in [2.45, 2.75) is 84.5 Å². The molecule has 4 heterocycles. The van der Waals surface area contributed by atoms with E-state index in [4.69, 9.17) is 16.3 Å². The number of nitriles is 1. The predicted molar refractivity (Wildman–Crippen MR) is 223 cm³/mol. The molecule has 0 bridgehead atoms. The summed E-state index contributed by atoms with van der Waals surface area (Å²) in [5, 5.41) is 15.3. The van der Waals surface area contributed by atoms with Crippen LogP contribution < -0.4 is 25.2 Å². The number of benzene rings is 3. The lowest BCUT2D eigenvalue weighted by molar-refractivity contribution is -0.164. The molecule has 0 spiro atoms. The number of carbonyl (C=O) groups is 5. The topological polar surface area (TPSA) is 155 Å². The molecule has 3 saturated heterocycles. The van der Waals surface area contributed by atoms with E-state index >= 15 is 0 Å². The Morgan fingerprint density at radius 1 is 0.831 bits per heavy atom. The molecule has 5 aliphatic rings. The molecule has 3 aromatic carbocycles. The first-order valence-electron chi connectivity index (χ1n) is 20.5. The van der Waals surface area contributed by atoms with E-state index in [0.29, 0.717) is 39.1 Å². The third kappa shape index (κ3) is 7.10. The quantitative estimate of drug-likeness (QED) is 0.285. The number of piperazine rings is 1. The smallest absolute Gasteiger partial charge is 0.262 e. The fourth-order valence-corrected chi connectivity index (χ4v) is 10.5. The lowest BCUT2D eigenvalue weighted by Gasteiger charge is -2.63. The highest BCUT2D eigenvalue weighted by Gasteiger charge is 2.64. The van der Waals surface area contributed by atoms with Crippen LogP contribution in [-0.2, 0) is 9.59 Å². The number of piperidine rings is 2. The number of nitrogens with one attached hydrogen (secondary N) is 2. The summed E-state index contributed by atoms with van der Waals surface area (Å²) in [7, 11) is 0. The van der Waals surface area contributed by atoms with Gasteiger partial charge in [0.2, 0.25) is 11.8 Å². The van der Waals surface area contributed by atoms with Crippen molar-refractivity contribution in [3.8, 4) is 11.8 Å². The summed E-state index contributed by atoms with van der Waals surface area (Å²) in [6.07, 6.45) is 1.97. The van der Waals surface area contributed by atoms with Crippen LogP contribution in [0.15, 0.2) is 54.6 Å². The van der Waals surface area contributed by atoms with Crippen molar-refractivity contribution in [3.05, 3.63) is 87.4 Å². The van der Waals surface area contributed by atoms with Crippen molar-refractivity contribution >= 4 is 52.5 Å². The summed E-state index contributed by atoms with van der Waals surface area (Å²) in [5.74, 6) is -1.47. The molecular formula is C45H50ClN7O6. The molecule has 0 radical (unpaired) electrons. The van der Waals surface area contributed by atoms with Gasteiger partial charge in [0.05, 0.1) is 21.7 Å². The van der Waals surface area contributed by atoms with Gasteiger partial charge in [-0.3, -0.25) is 39.1 Å².